The van der Waals surface area contributed by atoms with E-state index in [1.165, 1.54) is 18.5 Å². The van der Waals surface area contributed by atoms with Gasteiger partial charge in [0.25, 0.3) is 0 Å². The Balaban J connectivity index is 1.28. The molecule has 0 saturated carbocycles. The Labute approximate surface area is 222 Å². The Morgan fingerprint density at radius 2 is 1.86 bits per heavy atom. The van der Waals surface area contributed by atoms with E-state index in [0.717, 1.165) is 37.3 Å². The first-order valence-electron chi connectivity index (χ1n) is 13.2. The van der Waals surface area contributed by atoms with E-state index in [4.69, 9.17) is 11.6 Å². The molecule has 5 rings (SSSR count). The van der Waals surface area contributed by atoms with Crippen molar-refractivity contribution in [2.75, 3.05) is 50.7 Å². The molecular weight excluding hydrogens is 497 g/mol. The Kier molecular flexibility index (Phi) is 7.95. The van der Waals surface area contributed by atoms with Gasteiger partial charge < -0.3 is 24.9 Å². The fraction of sp³-hybridized carbons (Fsp3) is 0.593. The number of nitrogens with zero attached hydrogens (tertiary/aromatic N) is 5. The van der Waals surface area contributed by atoms with E-state index in [9.17, 15) is 19.4 Å². The molecule has 2 aliphatic heterocycles. The second-order valence-electron chi connectivity index (χ2n) is 10.5. The highest BCUT2D eigenvalue weighted by molar-refractivity contribution is 6.30. The number of rotatable bonds is 6. The monoisotopic (exact) mass is 531 g/mol. The second kappa shape index (κ2) is 11.2. The van der Waals surface area contributed by atoms with E-state index in [-0.39, 0.29) is 23.0 Å². The van der Waals surface area contributed by atoms with E-state index in [2.05, 4.69) is 26.7 Å². The smallest absolute Gasteiger partial charge is 0.230 e. The van der Waals surface area contributed by atoms with Crippen LogP contribution >= 0.6 is 11.6 Å². The number of anilines is 1. The van der Waals surface area contributed by atoms with Crippen LogP contribution in [-0.2, 0) is 4.79 Å². The summed E-state index contributed by atoms with van der Waals surface area (Å²) in [5.41, 5.74) is 2.37. The number of aromatic nitrogens is 2. The van der Waals surface area contributed by atoms with Gasteiger partial charge in [-0.2, -0.15) is 0 Å². The molecule has 2 N–H and O–H groups in total. The maximum absolute atomic E-state index is 14.4. The first-order valence-corrected chi connectivity index (χ1v) is 13.6. The molecule has 2 fully saturated rings. The fourth-order valence-electron chi connectivity index (χ4n) is 5.93. The maximum Gasteiger partial charge on any atom is 0.230 e. The van der Waals surface area contributed by atoms with Crippen LogP contribution in [0.25, 0.3) is 0 Å². The van der Waals surface area contributed by atoms with Crippen LogP contribution in [0.3, 0.4) is 0 Å². The third kappa shape index (κ3) is 5.60. The number of hydrogen-bond donors (Lipinski definition) is 2. The lowest BCUT2D eigenvalue weighted by Gasteiger charge is -2.38. The number of hydrogen-bond acceptors (Lipinski definition) is 7. The van der Waals surface area contributed by atoms with Crippen LogP contribution in [0.4, 0.5) is 10.2 Å². The quantitative estimate of drug-likeness (QED) is 0.591. The molecule has 1 aliphatic carbocycles. The average Bonchev–Trinajstić information content (AvgIpc) is 3.20. The van der Waals surface area contributed by atoms with Gasteiger partial charge in [-0.25, -0.2) is 14.4 Å². The topological polar surface area (TPSA) is 93.0 Å². The minimum absolute atomic E-state index is 0.00452. The van der Waals surface area contributed by atoms with Crippen LogP contribution in [0.2, 0.25) is 5.02 Å². The number of amides is 1. The molecule has 0 unspecified atom stereocenters. The lowest BCUT2D eigenvalue weighted by atomic mass is 9.93. The second-order valence-corrected chi connectivity index (χ2v) is 11.0. The summed E-state index contributed by atoms with van der Waals surface area (Å²) in [5.74, 6) is 0.0428. The summed E-state index contributed by atoms with van der Waals surface area (Å²) in [4.78, 5) is 28.9. The van der Waals surface area contributed by atoms with Crippen molar-refractivity contribution >= 4 is 23.3 Å². The van der Waals surface area contributed by atoms with Crippen molar-refractivity contribution in [1.29, 1.82) is 0 Å². The fourth-order valence-corrected chi connectivity index (χ4v) is 6.05. The number of piperidine rings is 1. The van der Waals surface area contributed by atoms with Gasteiger partial charge in [-0.3, -0.25) is 4.79 Å². The molecule has 0 bridgehead atoms. The molecular formula is C27H35ClFN5O3. The van der Waals surface area contributed by atoms with E-state index in [1.54, 1.807) is 6.07 Å². The predicted molar refractivity (Wildman–Crippen MR) is 139 cm³/mol. The number of fused-ring (bicyclic) bond motifs is 1. The Morgan fingerprint density at radius 1 is 1.14 bits per heavy atom. The van der Waals surface area contributed by atoms with Gasteiger partial charge in [0, 0.05) is 44.8 Å². The van der Waals surface area contributed by atoms with Gasteiger partial charge in [0.1, 0.15) is 18.0 Å². The van der Waals surface area contributed by atoms with Gasteiger partial charge in [0.05, 0.1) is 28.8 Å². The lowest BCUT2D eigenvalue weighted by molar-refractivity contribution is -0.133. The molecule has 2 saturated heterocycles. The summed E-state index contributed by atoms with van der Waals surface area (Å²) >= 11 is 5.93. The lowest BCUT2D eigenvalue weighted by Crippen LogP contribution is -2.50. The number of likely N-dealkylation sites (tertiary alicyclic amines) is 1. The zero-order valence-corrected chi connectivity index (χ0v) is 21.9. The summed E-state index contributed by atoms with van der Waals surface area (Å²) in [6.07, 6.45) is 3.39. The number of carbonyl (C=O) groups is 1. The van der Waals surface area contributed by atoms with Crippen molar-refractivity contribution in [3.05, 3.63) is 52.2 Å². The summed E-state index contributed by atoms with van der Waals surface area (Å²) in [6, 6.07) is 4.66. The van der Waals surface area contributed by atoms with E-state index in [1.807, 2.05) is 4.90 Å². The van der Waals surface area contributed by atoms with Crippen molar-refractivity contribution in [3.63, 3.8) is 0 Å². The van der Waals surface area contributed by atoms with Crippen LogP contribution in [0.1, 0.15) is 67.4 Å². The summed E-state index contributed by atoms with van der Waals surface area (Å²) in [7, 11) is 0. The third-order valence-electron chi connectivity index (χ3n) is 8.11. The van der Waals surface area contributed by atoms with Crippen molar-refractivity contribution in [3.8, 4) is 0 Å². The van der Waals surface area contributed by atoms with Gasteiger partial charge >= 0.3 is 0 Å². The molecule has 3 aliphatic rings. The summed E-state index contributed by atoms with van der Waals surface area (Å²) in [5, 5.41) is 20.2. The minimum atomic E-state index is -0.557. The first kappa shape index (κ1) is 26.3. The van der Waals surface area contributed by atoms with Crippen molar-refractivity contribution in [2.24, 2.45) is 0 Å². The van der Waals surface area contributed by atoms with Crippen LogP contribution < -0.4 is 4.90 Å². The third-order valence-corrected chi connectivity index (χ3v) is 8.41. The zero-order chi connectivity index (χ0) is 26.1. The highest BCUT2D eigenvalue weighted by Crippen LogP contribution is 2.42. The molecule has 1 amide bonds. The molecule has 0 radical (unpaired) electrons. The molecule has 200 valence electrons. The molecule has 0 spiro atoms. The number of aliphatic hydroxyl groups excluding tert-OH is 2. The molecule has 37 heavy (non-hydrogen) atoms. The van der Waals surface area contributed by atoms with Crippen LogP contribution in [-0.4, -0.2) is 87.8 Å². The van der Waals surface area contributed by atoms with Gasteiger partial charge in [-0.15, -0.1) is 0 Å². The molecule has 10 heteroatoms. The van der Waals surface area contributed by atoms with E-state index < -0.39 is 17.8 Å². The Hall–Kier alpha value is -2.33. The summed E-state index contributed by atoms with van der Waals surface area (Å²) < 4.78 is 14.4. The number of halogens is 2. The van der Waals surface area contributed by atoms with Crippen LogP contribution in [0.5, 0.6) is 0 Å². The number of carbonyl (C=O) groups excluding carboxylic acids is 1. The normalized spacial score (nSPS) is 23.8. The average molecular weight is 532 g/mol. The molecule has 3 heterocycles. The number of aliphatic hydroxyl groups is 2. The van der Waals surface area contributed by atoms with Crippen molar-refractivity contribution in [1.82, 2.24) is 19.8 Å². The van der Waals surface area contributed by atoms with Crippen molar-refractivity contribution < 1.29 is 19.4 Å². The van der Waals surface area contributed by atoms with Crippen LogP contribution in [0, 0.1) is 5.82 Å². The maximum atomic E-state index is 14.4. The highest BCUT2D eigenvalue weighted by atomic mass is 35.5. The molecule has 1 aromatic carbocycles. The minimum Gasteiger partial charge on any atom is -0.393 e. The largest absolute Gasteiger partial charge is 0.393 e. The van der Waals surface area contributed by atoms with Gasteiger partial charge in [-0.05, 0) is 55.8 Å². The molecule has 3 atom stereocenters. The van der Waals surface area contributed by atoms with E-state index >= 15 is 0 Å². The van der Waals surface area contributed by atoms with E-state index in [0.29, 0.717) is 56.8 Å². The highest BCUT2D eigenvalue weighted by Gasteiger charge is 2.35. The van der Waals surface area contributed by atoms with Crippen LogP contribution in [0.15, 0.2) is 24.5 Å². The zero-order valence-electron chi connectivity index (χ0n) is 21.2. The molecule has 8 nitrogen and oxygen atoms in total. The summed E-state index contributed by atoms with van der Waals surface area (Å²) in [6.45, 7) is 6.72. The van der Waals surface area contributed by atoms with Gasteiger partial charge in [-0.1, -0.05) is 24.6 Å². The molecule has 2 aromatic rings. The Bertz CT molecular complexity index is 1120. The van der Waals surface area contributed by atoms with Crippen molar-refractivity contribution in [2.45, 2.75) is 56.7 Å². The number of piperazine rings is 1. The Morgan fingerprint density at radius 3 is 2.57 bits per heavy atom. The van der Waals surface area contributed by atoms with Gasteiger partial charge in [0.15, 0.2) is 0 Å². The standard InChI is InChI=1S/C27H35ClFN5O3/c1-17-14-23(36)25-24(17)26(31-16-30-25)33-10-12-34(13-11-33)27(37)20(18-2-3-21(28)22(29)15-18)6-9-32-7-4-19(35)5-8-32/h2-3,15-17,19-20,23,35-36H,4-14H2,1H3/t17-,20-,23-/m1/s1. The number of benzene rings is 1. The molecule has 1 aromatic heterocycles. The first-order chi connectivity index (χ1) is 17.8. The predicted octanol–water partition coefficient (Wildman–Crippen LogP) is 3.09. The van der Waals surface area contributed by atoms with Gasteiger partial charge in [0.2, 0.25) is 5.91 Å². The SMILES string of the molecule is C[C@@H]1C[C@@H](O)c2ncnc(N3CCN(C(=O)[C@H](CCN4CCC(O)CC4)c4ccc(Cl)c(F)c4)CC3)c21.